The van der Waals surface area contributed by atoms with Gasteiger partial charge in [0, 0.05) is 32.5 Å². The van der Waals surface area contributed by atoms with E-state index in [1.165, 1.54) is 5.56 Å². The van der Waals surface area contributed by atoms with Gasteiger partial charge in [0.2, 0.25) is 5.82 Å². The van der Waals surface area contributed by atoms with E-state index in [1.807, 2.05) is 48.7 Å². The van der Waals surface area contributed by atoms with E-state index in [0.717, 1.165) is 23.4 Å². The van der Waals surface area contributed by atoms with Crippen LogP contribution in [0.3, 0.4) is 0 Å². The Balaban J connectivity index is 0.000000217. The molecule has 0 bridgehead atoms. The fourth-order valence-corrected chi connectivity index (χ4v) is 2.66. The van der Waals surface area contributed by atoms with Crippen LogP contribution >= 0.6 is 0 Å². The summed E-state index contributed by atoms with van der Waals surface area (Å²) in [6.45, 7) is 6.76. The van der Waals surface area contributed by atoms with Crippen molar-refractivity contribution in [2.45, 2.75) is 27.2 Å². The van der Waals surface area contributed by atoms with Gasteiger partial charge in [-0.15, -0.1) is 46.1 Å². The normalized spacial score (nSPS) is 10.4. The predicted molar refractivity (Wildman–Crippen MR) is 109 cm³/mol. The first-order valence-electron chi connectivity index (χ1n) is 9.08. The second-order valence-electron chi connectivity index (χ2n) is 7.51. The summed E-state index contributed by atoms with van der Waals surface area (Å²) >= 11 is 0. The second-order valence-corrected chi connectivity index (χ2v) is 7.51. The average Bonchev–Trinajstić information content (AvgIpc) is 3.24. The minimum absolute atomic E-state index is 0. The van der Waals surface area contributed by atoms with Gasteiger partial charge in [-0.2, -0.15) is 5.21 Å². The first-order valence-corrected chi connectivity index (χ1v) is 9.08. The fraction of sp³-hybridized carbons (Fsp3) is 0.227. The van der Waals surface area contributed by atoms with Crippen LogP contribution in [0.15, 0.2) is 67.0 Å². The third-order valence-electron chi connectivity index (χ3n) is 3.78. The Morgan fingerprint density at radius 2 is 1.72 bits per heavy atom. The number of tetrazole rings is 1. The van der Waals surface area contributed by atoms with Gasteiger partial charge in [0.05, 0.1) is 0 Å². The molecule has 1 N–H and O–H groups in total. The van der Waals surface area contributed by atoms with E-state index in [0.29, 0.717) is 11.2 Å². The van der Waals surface area contributed by atoms with Gasteiger partial charge < -0.3 is 4.98 Å². The van der Waals surface area contributed by atoms with Crippen molar-refractivity contribution in [3.63, 3.8) is 0 Å². The maximum absolute atomic E-state index is 4.41. The number of rotatable bonds is 3. The van der Waals surface area contributed by atoms with E-state index in [9.17, 15) is 0 Å². The zero-order valence-corrected chi connectivity index (χ0v) is 19.0. The molecule has 0 fully saturated rings. The fourth-order valence-electron chi connectivity index (χ4n) is 2.66. The Hall–Kier alpha value is -2.76. The molecule has 0 amide bonds. The van der Waals surface area contributed by atoms with Crippen molar-refractivity contribution < 1.29 is 20.1 Å². The van der Waals surface area contributed by atoms with Crippen LogP contribution in [-0.4, -0.2) is 30.6 Å². The monoisotopic (exact) mass is 564 g/mol. The van der Waals surface area contributed by atoms with Gasteiger partial charge in [-0.05, 0) is 40.9 Å². The molecule has 6 nitrogen and oxygen atoms in total. The van der Waals surface area contributed by atoms with Crippen molar-refractivity contribution in [1.29, 1.82) is 0 Å². The molecule has 4 rings (SSSR count). The minimum atomic E-state index is 0. The van der Waals surface area contributed by atoms with Crippen LogP contribution in [0, 0.1) is 11.5 Å². The molecule has 7 heteroatoms. The summed E-state index contributed by atoms with van der Waals surface area (Å²) in [7, 11) is 0. The number of H-pyrrole nitrogens is 1. The third-order valence-corrected chi connectivity index (χ3v) is 3.78. The number of nitrogens with one attached hydrogen (secondary N) is 1. The largest absolute Gasteiger partial charge is 0.305 e. The molecule has 0 saturated carbocycles. The van der Waals surface area contributed by atoms with Gasteiger partial charge in [0.1, 0.15) is 5.69 Å². The van der Waals surface area contributed by atoms with Gasteiger partial charge in [0.25, 0.3) is 0 Å². The van der Waals surface area contributed by atoms with Gasteiger partial charge in [-0.3, -0.25) is 4.98 Å². The van der Waals surface area contributed by atoms with E-state index >= 15 is 0 Å². The second kappa shape index (κ2) is 10.7. The van der Waals surface area contributed by atoms with Crippen molar-refractivity contribution in [1.82, 2.24) is 30.6 Å². The van der Waals surface area contributed by atoms with Crippen molar-refractivity contribution in [2.75, 3.05) is 0 Å². The van der Waals surface area contributed by atoms with Crippen LogP contribution in [0.2, 0.25) is 0 Å². The molecular weight excluding hydrogens is 541 g/mol. The Kier molecular flexibility index (Phi) is 8.31. The van der Waals surface area contributed by atoms with Crippen LogP contribution in [0.1, 0.15) is 26.3 Å². The summed E-state index contributed by atoms with van der Waals surface area (Å²) in [5, 5.41) is 13.3. The summed E-state index contributed by atoms with van der Waals surface area (Å²) in [5.74, 6) is 0.519. The summed E-state index contributed by atoms with van der Waals surface area (Å²) < 4.78 is 0. The van der Waals surface area contributed by atoms with Crippen LogP contribution in [0.4, 0.5) is 0 Å². The molecule has 1 aromatic carbocycles. The van der Waals surface area contributed by atoms with Crippen molar-refractivity contribution in [3.8, 4) is 22.8 Å². The molecule has 0 unspecified atom stereocenters. The topological polar surface area (TPSA) is 80.2 Å². The summed E-state index contributed by atoms with van der Waals surface area (Å²) in [6.07, 6.45) is 4.64. The summed E-state index contributed by atoms with van der Waals surface area (Å²) in [5.41, 5.74) is 4.43. The van der Waals surface area contributed by atoms with E-state index < -0.39 is 0 Å². The first kappa shape index (κ1) is 22.5. The molecule has 3 aromatic heterocycles. The van der Waals surface area contributed by atoms with Crippen molar-refractivity contribution in [3.05, 3.63) is 78.6 Å². The number of aromatic amines is 1. The zero-order chi connectivity index (χ0) is 19.8. The number of aromatic nitrogens is 6. The molecule has 0 aliphatic heterocycles. The molecule has 151 valence electrons. The van der Waals surface area contributed by atoms with E-state index in [-0.39, 0.29) is 20.1 Å². The van der Waals surface area contributed by atoms with Crippen LogP contribution < -0.4 is 0 Å². The average molecular weight is 564 g/mol. The van der Waals surface area contributed by atoms with Crippen molar-refractivity contribution >= 4 is 0 Å². The van der Waals surface area contributed by atoms with Crippen molar-refractivity contribution in [2.24, 2.45) is 5.41 Å². The summed E-state index contributed by atoms with van der Waals surface area (Å²) in [4.78, 5) is 8.44. The molecule has 0 atom stereocenters. The molecule has 0 saturated heterocycles. The van der Waals surface area contributed by atoms with Crippen LogP contribution in [0.25, 0.3) is 22.8 Å². The zero-order valence-electron chi connectivity index (χ0n) is 16.6. The molecule has 4 aromatic rings. The van der Waals surface area contributed by atoms with E-state index in [4.69, 9.17) is 0 Å². The minimum Gasteiger partial charge on any atom is -0.305 e. The SMILES string of the molecule is CC(C)(C)Cc1ccnc(-c2[c-]cccc2)c1.[Ir].c1ccc(-c2nn[nH]n2)nc1. The molecule has 0 spiro atoms. The Morgan fingerprint density at radius 1 is 0.931 bits per heavy atom. The van der Waals surface area contributed by atoms with Crippen LogP contribution in [-0.2, 0) is 26.5 Å². The quantitative estimate of drug-likeness (QED) is 0.374. The molecule has 3 heterocycles. The summed E-state index contributed by atoms with van der Waals surface area (Å²) in [6, 6.07) is 21.0. The number of hydrogen-bond donors (Lipinski definition) is 1. The van der Waals surface area contributed by atoms with Gasteiger partial charge in [-0.1, -0.05) is 38.5 Å². The molecule has 0 aliphatic rings. The molecular formula is C22H23IrN6-. The Morgan fingerprint density at radius 3 is 2.34 bits per heavy atom. The molecule has 29 heavy (non-hydrogen) atoms. The standard InChI is InChI=1S/C16H18N.C6H5N5.Ir/c1-16(2,3)12-13-9-10-17-15(11-13)14-7-5-4-6-8-14;1-2-4-7-5(3-1)6-8-10-11-9-6;/h4-7,9-11H,12H2,1-3H3;1-4H,(H,8,9,10,11);/q-1;;. The van der Waals surface area contributed by atoms with Gasteiger partial charge >= 0.3 is 0 Å². The maximum Gasteiger partial charge on any atom is 0.222 e. The number of pyridine rings is 2. The molecule has 1 radical (unpaired) electrons. The van der Waals surface area contributed by atoms with E-state index in [1.54, 1.807) is 6.20 Å². The first-order chi connectivity index (χ1) is 13.5. The number of nitrogens with zero attached hydrogens (tertiary/aromatic N) is 5. The Labute approximate surface area is 184 Å². The van der Waals surface area contributed by atoms with E-state index in [2.05, 4.69) is 69.6 Å². The van der Waals surface area contributed by atoms with Gasteiger partial charge in [0.15, 0.2) is 0 Å². The van der Waals surface area contributed by atoms with Crippen LogP contribution in [0.5, 0.6) is 0 Å². The smallest absolute Gasteiger partial charge is 0.222 e. The predicted octanol–water partition coefficient (Wildman–Crippen LogP) is 4.40. The third kappa shape index (κ3) is 7.29. The number of hydrogen-bond acceptors (Lipinski definition) is 5. The van der Waals surface area contributed by atoms with Gasteiger partial charge in [-0.25, -0.2) is 0 Å². The maximum atomic E-state index is 4.41. The molecule has 0 aliphatic carbocycles. The number of benzene rings is 1. The Bertz CT molecular complexity index is 967.